The van der Waals surface area contributed by atoms with E-state index in [1.165, 1.54) is 0 Å². The van der Waals surface area contributed by atoms with Crippen molar-refractivity contribution in [2.45, 2.75) is 39.7 Å². The van der Waals surface area contributed by atoms with E-state index in [-0.39, 0.29) is 6.42 Å². The van der Waals surface area contributed by atoms with E-state index in [1.807, 2.05) is 10.6 Å². The zero-order chi connectivity index (χ0) is 17.0. The smallest absolute Gasteiger partial charge is 0.326 e. The summed E-state index contributed by atoms with van der Waals surface area (Å²) in [4.78, 5) is 42.0. The maximum Gasteiger partial charge on any atom is 0.326 e. The minimum Gasteiger partial charge on any atom is -0.481 e. The number of carboxylic acid groups (broad SMARTS) is 3. The second-order valence-electron chi connectivity index (χ2n) is 4.78. The topological polar surface area (TPSA) is 153 Å². The molecule has 0 spiro atoms. The molecule has 1 atom stereocenters. The quantitative estimate of drug-likeness (QED) is 0.454. The highest BCUT2D eigenvalue weighted by molar-refractivity contribution is 5.84. The van der Waals surface area contributed by atoms with Gasteiger partial charge in [-0.1, -0.05) is 20.8 Å². The average molecular weight is 306 g/mol. The van der Waals surface area contributed by atoms with Crippen LogP contribution in [0.15, 0.2) is 0 Å². The van der Waals surface area contributed by atoms with Crippen molar-refractivity contribution in [3.8, 4) is 0 Å². The molecule has 0 saturated heterocycles. The third-order valence-electron chi connectivity index (χ3n) is 1.65. The van der Waals surface area contributed by atoms with Crippen LogP contribution in [0.25, 0.3) is 0 Å². The number of aliphatic carboxylic acids is 3. The summed E-state index contributed by atoms with van der Waals surface area (Å²) < 4.78 is 0. The summed E-state index contributed by atoms with van der Waals surface area (Å²) in [7, 11) is 0. The highest BCUT2D eigenvalue weighted by Gasteiger charge is 2.20. The van der Waals surface area contributed by atoms with Crippen LogP contribution in [0.4, 0.5) is 4.79 Å². The van der Waals surface area contributed by atoms with Crippen molar-refractivity contribution in [2.75, 3.05) is 6.54 Å². The van der Waals surface area contributed by atoms with Crippen molar-refractivity contribution >= 4 is 23.9 Å². The standard InChI is InChI=1S/C8H12N2O7.C4H10/c11-5(12)2-1-4(7(15)16)10-8(17)9-3-6(13)14;1-4(2)3/h4H,1-3H2,(H,11,12)(H,13,14)(H,15,16)(H2,9,10,17);4H,1-3H3. The Kier molecular flexibility index (Phi) is 11.5. The Bertz CT molecular complexity index is 366. The lowest BCUT2D eigenvalue weighted by Gasteiger charge is -2.13. The first-order valence-corrected chi connectivity index (χ1v) is 6.27. The van der Waals surface area contributed by atoms with Crippen LogP contribution in [0.2, 0.25) is 0 Å². The Morgan fingerprint density at radius 2 is 1.43 bits per heavy atom. The average Bonchev–Trinajstić information content (AvgIpc) is 2.30. The van der Waals surface area contributed by atoms with Crippen LogP contribution < -0.4 is 10.6 Å². The number of hydrogen-bond donors (Lipinski definition) is 5. The number of hydrogen-bond acceptors (Lipinski definition) is 4. The van der Waals surface area contributed by atoms with Gasteiger partial charge in [0.2, 0.25) is 0 Å². The van der Waals surface area contributed by atoms with E-state index in [9.17, 15) is 19.2 Å². The van der Waals surface area contributed by atoms with E-state index < -0.39 is 42.9 Å². The summed E-state index contributed by atoms with van der Waals surface area (Å²) in [5.74, 6) is -3.03. The lowest BCUT2D eigenvalue weighted by molar-refractivity contribution is -0.140. The number of nitrogens with one attached hydrogen (secondary N) is 2. The first kappa shape index (κ1) is 21.0. The zero-order valence-corrected chi connectivity index (χ0v) is 12.3. The predicted molar refractivity (Wildman–Crippen MR) is 73.0 cm³/mol. The number of carboxylic acids is 3. The number of amides is 2. The van der Waals surface area contributed by atoms with E-state index in [1.54, 1.807) is 0 Å². The molecule has 0 aromatic rings. The molecule has 5 N–H and O–H groups in total. The number of rotatable bonds is 7. The summed E-state index contributed by atoms with van der Waals surface area (Å²) in [5, 5.41) is 29.1. The number of carbonyl (C=O) groups is 4. The summed E-state index contributed by atoms with van der Waals surface area (Å²) in [6, 6.07) is -2.36. The van der Waals surface area contributed by atoms with Crippen LogP contribution >= 0.6 is 0 Å². The zero-order valence-electron chi connectivity index (χ0n) is 12.3. The molecule has 9 heteroatoms. The highest BCUT2D eigenvalue weighted by atomic mass is 16.4. The third-order valence-corrected chi connectivity index (χ3v) is 1.65. The Balaban J connectivity index is 0. The van der Waals surface area contributed by atoms with Crippen molar-refractivity contribution in [1.82, 2.24) is 10.6 Å². The van der Waals surface area contributed by atoms with Gasteiger partial charge in [0.1, 0.15) is 12.6 Å². The van der Waals surface area contributed by atoms with Crippen molar-refractivity contribution in [3.63, 3.8) is 0 Å². The molecule has 0 aliphatic rings. The monoisotopic (exact) mass is 306 g/mol. The molecule has 0 aromatic heterocycles. The molecule has 0 rings (SSSR count). The van der Waals surface area contributed by atoms with Gasteiger partial charge >= 0.3 is 23.9 Å². The predicted octanol–water partition coefficient (Wildman–Crippen LogP) is 0.351. The maximum absolute atomic E-state index is 11.0. The summed E-state index contributed by atoms with van der Waals surface area (Å²) in [5.41, 5.74) is 0. The summed E-state index contributed by atoms with van der Waals surface area (Å²) in [6.45, 7) is 5.84. The minimum atomic E-state index is -1.39. The van der Waals surface area contributed by atoms with Crippen molar-refractivity contribution in [2.24, 2.45) is 5.92 Å². The van der Waals surface area contributed by atoms with Crippen LogP contribution in [0.3, 0.4) is 0 Å². The van der Waals surface area contributed by atoms with Gasteiger partial charge < -0.3 is 26.0 Å². The highest BCUT2D eigenvalue weighted by Crippen LogP contribution is 1.97. The Labute approximate surface area is 122 Å². The van der Waals surface area contributed by atoms with Crippen LogP contribution in [0.1, 0.15) is 33.6 Å². The van der Waals surface area contributed by atoms with Crippen LogP contribution in [-0.2, 0) is 14.4 Å². The van der Waals surface area contributed by atoms with E-state index >= 15 is 0 Å². The van der Waals surface area contributed by atoms with Crippen molar-refractivity contribution in [1.29, 1.82) is 0 Å². The molecule has 0 bridgehead atoms. The van der Waals surface area contributed by atoms with E-state index in [0.29, 0.717) is 0 Å². The number of carbonyl (C=O) groups excluding carboxylic acids is 1. The maximum atomic E-state index is 11.0. The molecule has 0 aliphatic heterocycles. The van der Waals surface area contributed by atoms with Crippen LogP contribution in [0, 0.1) is 5.92 Å². The minimum absolute atomic E-state index is 0.287. The lowest BCUT2D eigenvalue weighted by Crippen LogP contribution is -2.47. The fraction of sp³-hybridized carbons (Fsp3) is 0.667. The molecule has 0 heterocycles. The third kappa shape index (κ3) is 17.7. The second-order valence-corrected chi connectivity index (χ2v) is 4.78. The summed E-state index contributed by atoms with van der Waals surface area (Å²) in [6.07, 6.45) is -0.707. The summed E-state index contributed by atoms with van der Waals surface area (Å²) >= 11 is 0. The van der Waals surface area contributed by atoms with Gasteiger partial charge in [-0.2, -0.15) is 0 Å². The molecular weight excluding hydrogens is 284 g/mol. The Hall–Kier alpha value is -2.32. The largest absolute Gasteiger partial charge is 0.481 e. The van der Waals surface area contributed by atoms with Gasteiger partial charge in [-0.25, -0.2) is 9.59 Å². The molecule has 0 aliphatic carbocycles. The molecular formula is C12H22N2O7. The van der Waals surface area contributed by atoms with Gasteiger partial charge in [0.15, 0.2) is 0 Å². The molecule has 1 unspecified atom stereocenters. The Morgan fingerprint density at radius 3 is 1.76 bits per heavy atom. The van der Waals surface area contributed by atoms with Crippen LogP contribution in [0.5, 0.6) is 0 Å². The molecule has 0 saturated carbocycles. The van der Waals surface area contributed by atoms with Gasteiger partial charge in [-0.3, -0.25) is 9.59 Å². The van der Waals surface area contributed by atoms with Gasteiger partial charge in [0.25, 0.3) is 0 Å². The van der Waals surface area contributed by atoms with E-state index in [2.05, 4.69) is 20.8 Å². The van der Waals surface area contributed by atoms with Gasteiger partial charge in [-0.15, -0.1) is 0 Å². The molecule has 0 radical (unpaired) electrons. The molecule has 2 amide bonds. The van der Waals surface area contributed by atoms with Crippen LogP contribution in [-0.4, -0.2) is 51.8 Å². The first-order chi connectivity index (χ1) is 9.56. The Morgan fingerprint density at radius 1 is 0.952 bits per heavy atom. The molecule has 122 valence electrons. The first-order valence-electron chi connectivity index (χ1n) is 6.27. The normalized spacial score (nSPS) is 10.9. The molecule has 21 heavy (non-hydrogen) atoms. The SMILES string of the molecule is CC(C)C.O=C(O)CCC(NC(=O)NCC(=O)O)C(=O)O. The lowest BCUT2D eigenvalue weighted by atomic mass is 10.1. The van der Waals surface area contributed by atoms with Gasteiger partial charge in [0, 0.05) is 6.42 Å². The van der Waals surface area contributed by atoms with E-state index in [0.717, 1.165) is 5.92 Å². The fourth-order valence-electron chi connectivity index (χ4n) is 0.890. The molecule has 0 aromatic carbocycles. The van der Waals surface area contributed by atoms with Gasteiger partial charge in [-0.05, 0) is 12.3 Å². The molecule has 0 fully saturated rings. The van der Waals surface area contributed by atoms with E-state index in [4.69, 9.17) is 15.3 Å². The molecule has 9 nitrogen and oxygen atoms in total. The van der Waals surface area contributed by atoms with Crippen molar-refractivity contribution in [3.05, 3.63) is 0 Å². The van der Waals surface area contributed by atoms with Crippen molar-refractivity contribution < 1.29 is 34.5 Å². The fourth-order valence-corrected chi connectivity index (χ4v) is 0.890. The van der Waals surface area contributed by atoms with Gasteiger partial charge in [0.05, 0.1) is 0 Å². The second kappa shape index (κ2) is 11.5. The number of urea groups is 1.